The lowest BCUT2D eigenvalue weighted by Gasteiger charge is -1.98. The molecule has 1 aromatic rings. The van der Waals surface area contributed by atoms with E-state index in [0.717, 1.165) is 5.56 Å². The van der Waals surface area contributed by atoms with Crippen LogP contribution in [0.1, 0.15) is 17.5 Å². The third-order valence-corrected chi connectivity index (χ3v) is 2.17. The Morgan fingerprint density at radius 2 is 2.27 bits per heavy atom. The van der Waals surface area contributed by atoms with Gasteiger partial charge in [-0.2, -0.15) is 0 Å². The van der Waals surface area contributed by atoms with Crippen molar-refractivity contribution in [3.8, 4) is 0 Å². The van der Waals surface area contributed by atoms with Gasteiger partial charge in [0.2, 0.25) is 0 Å². The van der Waals surface area contributed by atoms with E-state index in [4.69, 9.17) is 11.6 Å². The number of benzene rings is 1. The Balaban J connectivity index is 3.02. The minimum absolute atomic E-state index is 0.131. The van der Waals surface area contributed by atoms with Gasteiger partial charge in [-0.1, -0.05) is 23.8 Å². The van der Waals surface area contributed by atoms with Gasteiger partial charge >= 0.3 is 0 Å². The largest absolute Gasteiger partial charge is 0.276 e. The summed E-state index contributed by atoms with van der Waals surface area (Å²) in [5.74, 6) is 0.524. The van der Waals surface area contributed by atoms with Crippen LogP contribution in [0.3, 0.4) is 0 Å². The van der Waals surface area contributed by atoms with Crippen molar-refractivity contribution >= 4 is 23.4 Å². The zero-order valence-corrected chi connectivity index (χ0v) is 9.20. The molecule has 0 N–H and O–H groups in total. The van der Waals surface area contributed by atoms with Gasteiger partial charge in [0.15, 0.2) is 0 Å². The number of nitro groups is 1. The van der Waals surface area contributed by atoms with Crippen molar-refractivity contribution in [2.75, 3.05) is 5.88 Å². The van der Waals surface area contributed by atoms with Gasteiger partial charge in [0.25, 0.3) is 5.69 Å². The van der Waals surface area contributed by atoms with Crippen LogP contribution in [0.2, 0.25) is 0 Å². The summed E-state index contributed by atoms with van der Waals surface area (Å²) in [5.41, 5.74) is 1.77. The number of hydrogen-bond donors (Lipinski definition) is 0. The molecule has 0 saturated heterocycles. The predicted molar refractivity (Wildman–Crippen MR) is 62.2 cm³/mol. The smallest absolute Gasteiger partial charge is 0.258 e. The van der Waals surface area contributed by atoms with Gasteiger partial charge in [0, 0.05) is 11.9 Å². The lowest BCUT2D eigenvalue weighted by Crippen LogP contribution is -1.91. The van der Waals surface area contributed by atoms with Gasteiger partial charge in [-0.15, -0.1) is 11.6 Å². The number of alkyl halides is 1. The Hall–Kier alpha value is -1.35. The standard InChI is InChI=1S/C11H12ClNO2/c1-9-5-6-11(13(14)15)10(8-9)4-2-3-7-12/h2,4-6,8H,3,7H2,1H3. The molecule has 0 aromatic heterocycles. The van der Waals surface area contributed by atoms with Crippen LogP contribution in [0.25, 0.3) is 6.08 Å². The summed E-state index contributed by atoms with van der Waals surface area (Å²) in [6.45, 7) is 1.91. The molecule has 0 spiro atoms. The predicted octanol–water partition coefficient (Wildman–Crippen LogP) is 3.55. The highest BCUT2D eigenvalue weighted by Gasteiger charge is 2.10. The lowest BCUT2D eigenvalue weighted by atomic mass is 10.1. The van der Waals surface area contributed by atoms with Crippen LogP contribution in [0.4, 0.5) is 5.69 Å². The molecule has 0 atom stereocenters. The number of halogens is 1. The zero-order chi connectivity index (χ0) is 11.3. The highest BCUT2D eigenvalue weighted by atomic mass is 35.5. The van der Waals surface area contributed by atoms with Crippen LogP contribution in [0.15, 0.2) is 24.3 Å². The van der Waals surface area contributed by atoms with Crippen molar-refractivity contribution in [3.05, 3.63) is 45.5 Å². The van der Waals surface area contributed by atoms with Crippen molar-refractivity contribution in [2.45, 2.75) is 13.3 Å². The number of allylic oxidation sites excluding steroid dienone is 1. The summed E-state index contributed by atoms with van der Waals surface area (Å²) >= 11 is 5.52. The van der Waals surface area contributed by atoms with Gasteiger partial charge in [0.05, 0.1) is 10.5 Å². The van der Waals surface area contributed by atoms with Crippen molar-refractivity contribution < 1.29 is 4.92 Å². The normalized spacial score (nSPS) is 10.8. The van der Waals surface area contributed by atoms with Crippen LogP contribution in [0, 0.1) is 17.0 Å². The van der Waals surface area contributed by atoms with Crippen LogP contribution in [-0.4, -0.2) is 10.8 Å². The molecule has 80 valence electrons. The molecule has 0 aliphatic carbocycles. The van der Waals surface area contributed by atoms with E-state index in [1.165, 1.54) is 6.07 Å². The maximum absolute atomic E-state index is 10.7. The molecule has 0 fully saturated rings. The molecular formula is C11H12ClNO2. The quantitative estimate of drug-likeness (QED) is 0.447. The maximum atomic E-state index is 10.7. The number of nitro benzene ring substituents is 1. The third kappa shape index (κ3) is 3.36. The number of nitrogens with zero attached hydrogens (tertiary/aromatic N) is 1. The van der Waals surface area contributed by atoms with Crippen molar-refractivity contribution in [1.82, 2.24) is 0 Å². The molecule has 0 saturated carbocycles. The summed E-state index contributed by atoms with van der Waals surface area (Å²) in [4.78, 5) is 10.3. The Morgan fingerprint density at radius 1 is 1.53 bits per heavy atom. The zero-order valence-electron chi connectivity index (χ0n) is 8.44. The van der Waals surface area contributed by atoms with Crippen LogP contribution >= 0.6 is 11.6 Å². The molecular weight excluding hydrogens is 214 g/mol. The molecule has 4 heteroatoms. The molecule has 0 unspecified atom stereocenters. The molecule has 0 heterocycles. The molecule has 0 aliphatic rings. The maximum Gasteiger partial charge on any atom is 0.276 e. The Kier molecular flexibility index (Phi) is 4.31. The second-order valence-electron chi connectivity index (χ2n) is 3.20. The van der Waals surface area contributed by atoms with Gasteiger partial charge < -0.3 is 0 Å². The lowest BCUT2D eigenvalue weighted by molar-refractivity contribution is -0.385. The second-order valence-corrected chi connectivity index (χ2v) is 3.58. The summed E-state index contributed by atoms with van der Waals surface area (Å²) in [6.07, 6.45) is 4.30. The van der Waals surface area contributed by atoms with E-state index in [1.807, 2.05) is 13.0 Å². The summed E-state index contributed by atoms with van der Waals surface area (Å²) in [6, 6.07) is 5.05. The summed E-state index contributed by atoms with van der Waals surface area (Å²) < 4.78 is 0. The van der Waals surface area contributed by atoms with E-state index in [2.05, 4.69) is 0 Å². The fraction of sp³-hybridized carbons (Fsp3) is 0.273. The average molecular weight is 226 g/mol. The van der Waals surface area contributed by atoms with Crippen LogP contribution in [-0.2, 0) is 0 Å². The SMILES string of the molecule is Cc1ccc([N+](=O)[O-])c(C=CCCCl)c1. The fourth-order valence-electron chi connectivity index (χ4n) is 1.25. The van der Waals surface area contributed by atoms with Crippen LogP contribution < -0.4 is 0 Å². The van der Waals surface area contributed by atoms with Crippen molar-refractivity contribution in [1.29, 1.82) is 0 Å². The topological polar surface area (TPSA) is 43.1 Å². The monoisotopic (exact) mass is 225 g/mol. The van der Waals surface area contributed by atoms with E-state index in [1.54, 1.807) is 18.2 Å². The highest BCUT2D eigenvalue weighted by molar-refractivity contribution is 6.17. The molecule has 0 aliphatic heterocycles. The molecule has 15 heavy (non-hydrogen) atoms. The Morgan fingerprint density at radius 3 is 2.87 bits per heavy atom. The molecule has 3 nitrogen and oxygen atoms in total. The first-order chi connectivity index (χ1) is 7.15. The number of hydrogen-bond acceptors (Lipinski definition) is 2. The van der Waals surface area contributed by atoms with E-state index < -0.39 is 0 Å². The average Bonchev–Trinajstić information content (AvgIpc) is 2.18. The molecule has 0 radical (unpaired) electrons. The Labute approximate surface area is 93.5 Å². The second kappa shape index (κ2) is 5.51. The van der Waals surface area contributed by atoms with E-state index in [-0.39, 0.29) is 10.6 Å². The Bertz CT molecular complexity index is 388. The first-order valence-electron chi connectivity index (χ1n) is 4.62. The van der Waals surface area contributed by atoms with E-state index >= 15 is 0 Å². The first-order valence-corrected chi connectivity index (χ1v) is 5.16. The minimum Gasteiger partial charge on any atom is -0.258 e. The van der Waals surface area contributed by atoms with Crippen molar-refractivity contribution in [3.63, 3.8) is 0 Å². The molecule has 1 aromatic carbocycles. The first kappa shape index (κ1) is 11.7. The van der Waals surface area contributed by atoms with E-state index in [0.29, 0.717) is 17.9 Å². The molecule has 0 bridgehead atoms. The van der Waals surface area contributed by atoms with Gasteiger partial charge in [0.1, 0.15) is 0 Å². The summed E-state index contributed by atoms with van der Waals surface area (Å²) in [7, 11) is 0. The van der Waals surface area contributed by atoms with Gasteiger partial charge in [-0.25, -0.2) is 0 Å². The summed E-state index contributed by atoms with van der Waals surface area (Å²) in [5, 5.41) is 10.7. The van der Waals surface area contributed by atoms with Crippen LogP contribution in [0.5, 0.6) is 0 Å². The molecule has 1 rings (SSSR count). The highest BCUT2D eigenvalue weighted by Crippen LogP contribution is 2.21. The van der Waals surface area contributed by atoms with Gasteiger partial charge in [-0.3, -0.25) is 10.1 Å². The fourth-order valence-corrected chi connectivity index (χ4v) is 1.37. The number of aryl methyl sites for hydroxylation is 1. The third-order valence-electron chi connectivity index (χ3n) is 1.95. The van der Waals surface area contributed by atoms with Crippen molar-refractivity contribution in [2.24, 2.45) is 0 Å². The van der Waals surface area contributed by atoms with E-state index in [9.17, 15) is 10.1 Å². The van der Waals surface area contributed by atoms with Gasteiger partial charge in [-0.05, 0) is 19.4 Å². The minimum atomic E-state index is -0.375. The molecule has 0 amide bonds. The number of rotatable bonds is 4.